The van der Waals surface area contributed by atoms with Crippen molar-refractivity contribution in [2.75, 3.05) is 4.90 Å². The molecule has 0 spiro atoms. The molecule has 2 atom stereocenters. The van der Waals surface area contributed by atoms with Crippen LogP contribution in [0.3, 0.4) is 0 Å². The Labute approximate surface area is 202 Å². The summed E-state index contributed by atoms with van der Waals surface area (Å²) in [6, 6.07) is 13.4. The summed E-state index contributed by atoms with van der Waals surface area (Å²) in [6.07, 6.45) is 6.02. The quantitative estimate of drug-likeness (QED) is 0.632. The number of anilines is 1. The Kier molecular flexibility index (Phi) is 7.38. The van der Waals surface area contributed by atoms with Gasteiger partial charge in [-0.2, -0.15) is 4.72 Å². The maximum atomic E-state index is 13.4. The number of hydrogen-bond donors (Lipinski definition) is 2. The first kappa shape index (κ1) is 24.4. The molecule has 2 aliphatic rings. The fraction of sp³-hybridized carbons (Fsp3) is 0.462. The van der Waals surface area contributed by atoms with E-state index in [4.69, 9.17) is 0 Å². The van der Waals surface area contributed by atoms with Gasteiger partial charge in [-0.05, 0) is 61.9 Å². The van der Waals surface area contributed by atoms with Gasteiger partial charge in [0.1, 0.15) is 6.04 Å². The Balaban J connectivity index is 1.56. The summed E-state index contributed by atoms with van der Waals surface area (Å²) in [7, 11) is -3.96. The summed E-state index contributed by atoms with van der Waals surface area (Å²) in [5.41, 5.74) is 2.44. The summed E-state index contributed by atoms with van der Waals surface area (Å²) < 4.78 is 29.4. The van der Waals surface area contributed by atoms with Crippen LogP contribution in [0.15, 0.2) is 53.4 Å². The van der Waals surface area contributed by atoms with Gasteiger partial charge in [0, 0.05) is 24.7 Å². The summed E-state index contributed by atoms with van der Waals surface area (Å²) in [4.78, 5) is 27.0. The molecule has 0 aromatic heterocycles. The lowest BCUT2D eigenvalue weighted by Crippen LogP contribution is -2.50. The second-order valence-corrected chi connectivity index (χ2v) is 11.2. The molecule has 0 radical (unpaired) electrons. The number of nitrogens with zero attached hydrogens (tertiary/aromatic N) is 1. The lowest BCUT2D eigenvalue weighted by atomic mass is 9.95. The highest BCUT2D eigenvalue weighted by Crippen LogP contribution is 2.34. The van der Waals surface area contributed by atoms with E-state index in [1.807, 2.05) is 37.3 Å². The summed E-state index contributed by atoms with van der Waals surface area (Å²) in [5, 5.41) is 3.07. The van der Waals surface area contributed by atoms with E-state index in [0.29, 0.717) is 6.42 Å². The molecule has 1 heterocycles. The molecule has 2 aromatic carbocycles. The van der Waals surface area contributed by atoms with Crippen LogP contribution in [0.4, 0.5) is 5.69 Å². The highest BCUT2D eigenvalue weighted by Gasteiger charge is 2.32. The molecule has 2 N–H and O–H groups in total. The summed E-state index contributed by atoms with van der Waals surface area (Å²) in [6.45, 7) is 3.45. The van der Waals surface area contributed by atoms with Crippen molar-refractivity contribution in [1.29, 1.82) is 0 Å². The zero-order valence-electron chi connectivity index (χ0n) is 19.8. The van der Waals surface area contributed by atoms with E-state index in [9.17, 15) is 18.0 Å². The van der Waals surface area contributed by atoms with Gasteiger partial charge < -0.3 is 10.2 Å². The summed E-state index contributed by atoms with van der Waals surface area (Å²) in [5.74, 6) is -0.362. The van der Waals surface area contributed by atoms with Crippen LogP contribution in [0.5, 0.6) is 0 Å². The number of sulfonamides is 1. The minimum absolute atomic E-state index is 0.0227. The zero-order valence-corrected chi connectivity index (χ0v) is 20.6. The number of rotatable bonds is 7. The molecule has 0 bridgehead atoms. The van der Waals surface area contributed by atoms with Crippen LogP contribution < -0.4 is 14.9 Å². The standard InChI is InChI=1S/C26H33N3O4S/c1-18-15-21-17-23(13-14-25(21)29(18)19(2)30)34(32,33)28-24(16-20-9-5-3-6-10-20)26(31)27-22-11-7-4-8-12-22/h3,5-6,9-10,13-14,17-18,22,24,28H,4,7-8,11-12,15-16H2,1-2H3,(H,27,31)/t18-,24-/m0/s1. The fourth-order valence-corrected chi connectivity index (χ4v) is 6.34. The van der Waals surface area contributed by atoms with E-state index in [1.54, 1.807) is 17.0 Å². The van der Waals surface area contributed by atoms with E-state index in [2.05, 4.69) is 10.0 Å². The first-order valence-corrected chi connectivity index (χ1v) is 13.5. The number of benzene rings is 2. The SMILES string of the molecule is CC(=O)N1c2ccc(S(=O)(=O)N[C@@H](Cc3ccccc3)C(=O)NC3CCCCC3)cc2C[C@@H]1C. The Bertz CT molecular complexity index is 1140. The molecule has 1 aliphatic heterocycles. The molecule has 8 heteroatoms. The molecule has 0 saturated heterocycles. The molecule has 1 saturated carbocycles. The van der Waals surface area contributed by atoms with Gasteiger partial charge in [-0.3, -0.25) is 9.59 Å². The van der Waals surface area contributed by atoms with Crippen molar-refractivity contribution in [3.63, 3.8) is 0 Å². The van der Waals surface area contributed by atoms with Crippen LogP contribution in [0.25, 0.3) is 0 Å². The van der Waals surface area contributed by atoms with E-state index < -0.39 is 16.1 Å². The Hall–Kier alpha value is -2.71. The normalized spacial score (nSPS) is 19.5. The highest BCUT2D eigenvalue weighted by atomic mass is 32.2. The highest BCUT2D eigenvalue weighted by molar-refractivity contribution is 7.89. The minimum Gasteiger partial charge on any atom is -0.352 e. The maximum absolute atomic E-state index is 13.4. The van der Waals surface area contributed by atoms with Crippen molar-refractivity contribution < 1.29 is 18.0 Å². The van der Waals surface area contributed by atoms with Gasteiger partial charge in [-0.25, -0.2) is 8.42 Å². The van der Waals surface area contributed by atoms with Crippen molar-refractivity contribution in [2.24, 2.45) is 0 Å². The van der Waals surface area contributed by atoms with E-state index >= 15 is 0 Å². The van der Waals surface area contributed by atoms with Crippen LogP contribution in [-0.4, -0.2) is 38.4 Å². The van der Waals surface area contributed by atoms with Gasteiger partial charge in [0.15, 0.2) is 0 Å². The third-order valence-corrected chi connectivity index (χ3v) is 8.23. The second kappa shape index (κ2) is 10.3. The van der Waals surface area contributed by atoms with Crippen molar-refractivity contribution in [3.8, 4) is 0 Å². The van der Waals surface area contributed by atoms with Crippen molar-refractivity contribution in [3.05, 3.63) is 59.7 Å². The monoisotopic (exact) mass is 483 g/mol. The van der Waals surface area contributed by atoms with Crippen molar-refractivity contribution in [2.45, 2.75) is 81.8 Å². The molecule has 2 amide bonds. The van der Waals surface area contributed by atoms with E-state index in [1.165, 1.54) is 19.4 Å². The molecule has 4 rings (SSSR count). The van der Waals surface area contributed by atoms with E-state index in [-0.39, 0.29) is 35.2 Å². The van der Waals surface area contributed by atoms with Gasteiger partial charge >= 0.3 is 0 Å². The fourth-order valence-electron chi connectivity index (χ4n) is 5.10. The molecule has 1 fully saturated rings. The molecule has 0 unspecified atom stereocenters. The number of amides is 2. The van der Waals surface area contributed by atoms with Crippen LogP contribution >= 0.6 is 0 Å². The number of carbonyl (C=O) groups is 2. The van der Waals surface area contributed by atoms with Crippen LogP contribution in [0.1, 0.15) is 57.1 Å². The van der Waals surface area contributed by atoms with Crippen LogP contribution in [0.2, 0.25) is 0 Å². The number of carbonyl (C=O) groups excluding carboxylic acids is 2. The second-order valence-electron chi connectivity index (χ2n) is 9.44. The third-order valence-electron chi connectivity index (χ3n) is 6.76. The lowest BCUT2D eigenvalue weighted by molar-refractivity contribution is -0.123. The third kappa shape index (κ3) is 5.50. The molecular formula is C26H33N3O4S. The molecule has 182 valence electrons. The van der Waals surface area contributed by atoms with Gasteiger partial charge in [0.05, 0.1) is 4.90 Å². The number of hydrogen-bond acceptors (Lipinski definition) is 4. The first-order chi connectivity index (χ1) is 16.2. The van der Waals surface area contributed by atoms with Crippen molar-refractivity contribution in [1.82, 2.24) is 10.0 Å². The average Bonchev–Trinajstić information content (AvgIpc) is 3.15. The van der Waals surface area contributed by atoms with Crippen molar-refractivity contribution >= 4 is 27.5 Å². The predicted molar refractivity (Wildman–Crippen MR) is 132 cm³/mol. The molecule has 34 heavy (non-hydrogen) atoms. The lowest BCUT2D eigenvalue weighted by Gasteiger charge is -2.26. The zero-order chi connectivity index (χ0) is 24.3. The summed E-state index contributed by atoms with van der Waals surface area (Å²) >= 11 is 0. The van der Waals surface area contributed by atoms with Gasteiger partial charge in [-0.15, -0.1) is 0 Å². The first-order valence-electron chi connectivity index (χ1n) is 12.0. The number of fused-ring (bicyclic) bond motifs is 1. The van der Waals surface area contributed by atoms with E-state index in [0.717, 1.165) is 42.5 Å². The van der Waals surface area contributed by atoms with Crippen LogP contribution in [-0.2, 0) is 32.5 Å². The maximum Gasteiger partial charge on any atom is 0.241 e. The molecule has 7 nitrogen and oxygen atoms in total. The van der Waals surface area contributed by atoms with Gasteiger partial charge in [0.25, 0.3) is 0 Å². The molecular weight excluding hydrogens is 450 g/mol. The number of nitrogens with one attached hydrogen (secondary N) is 2. The van der Waals surface area contributed by atoms with Gasteiger partial charge in [0.2, 0.25) is 21.8 Å². The van der Waals surface area contributed by atoms with Crippen LogP contribution in [0, 0.1) is 0 Å². The topological polar surface area (TPSA) is 95.6 Å². The molecule has 2 aromatic rings. The largest absolute Gasteiger partial charge is 0.352 e. The Morgan fingerprint density at radius 1 is 1.06 bits per heavy atom. The predicted octanol–water partition coefficient (Wildman–Crippen LogP) is 3.32. The Morgan fingerprint density at radius 2 is 1.76 bits per heavy atom. The smallest absolute Gasteiger partial charge is 0.241 e. The average molecular weight is 484 g/mol. The molecule has 1 aliphatic carbocycles. The minimum atomic E-state index is -3.96. The van der Waals surface area contributed by atoms with Gasteiger partial charge in [-0.1, -0.05) is 49.6 Å². The Morgan fingerprint density at radius 3 is 2.44 bits per heavy atom.